The van der Waals surface area contributed by atoms with E-state index in [1.807, 2.05) is 10.6 Å². The van der Waals surface area contributed by atoms with Gasteiger partial charge in [0.25, 0.3) is 0 Å². The molecule has 2 aliphatic carbocycles. The van der Waals surface area contributed by atoms with Gasteiger partial charge in [-0.3, -0.25) is 0 Å². The van der Waals surface area contributed by atoms with Gasteiger partial charge in [-0.15, -0.1) is 0 Å². The molecule has 2 aromatic rings. The third-order valence-corrected chi connectivity index (χ3v) is 22.1. The molecule has 0 amide bonds. The van der Waals surface area contributed by atoms with E-state index in [0.29, 0.717) is 0 Å². The van der Waals surface area contributed by atoms with E-state index in [0.717, 1.165) is 29.9 Å². The maximum Gasteiger partial charge on any atom is -1.00 e. The van der Waals surface area contributed by atoms with E-state index in [4.69, 9.17) is 0 Å². The summed E-state index contributed by atoms with van der Waals surface area (Å²) in [5.74, 6) is 0. The topological polar surface area (TPSA) is 0 Å². The minimum Gasteiger partial charge on any atom is -1.00 e. The molecule has 6 atom stereocenters. The summed E-state index contributed by atoms with van der Waals surface area (Å²) in [5.41, 5.74) is 9.61. The van der Waals surface area contributed by atoms with Crippen LogP contribution < -0.4 is 9.41 Å². The van der Waals surface area contributed by atoms with Crippen LogP contribution in [0, 0.1) is 0 Å². The first kappa shape index (κ1) is 34.7. The fourth-order valence-electron chi connectivity index (χ4n) is 6.25. The molecule has 0 heterocycles. The van der Waals surface area contributed by atoms with E-state index in [2.05, 4.69) is 116 Å². The molecule has 2 aliphatic rings. The van der Waals surface area contributed by atoms with Crippen LogP contribution in [0.2, 0.25) is 0 Å². The van der Waals surface area contributed by atoms with Gasteiger partial charge in [0.15, 0.2) is 0 Å². The molecule has 0 saturated carbocycles. The summed E-state index contributed by atoms with van der Waals surface area (Å²) >= 11 is -0.885. The molecule has 0 nitrogen and oxygen atoms in total. The maximum atomic E-state index is 2.68. The van der Waals surface area contributed by atoms with Gasteiger partial charge in [-0.05, 0) is 0 Å². The Hall–Kier alpha value is -0.477. The zero-order chi connectivity index (χ0) is 26.7. The van der Waals surface area contributed by atoms with E-state index in [1.54, 1.807) is 11.1 Å². The van der Waals surface area contributed by atoms with Crippen LogP contribution >= 0.6 is 15.8 Å². The molecule has 2 aromatic carbocycles. The zero-order valence-corrected chi connectivity index (χ0v) is 29.5. The average Bonchev–Trinajstić information content (AvgIpc) is 3.46. The van der Waals surface area contributed by atoms with Gasteiger partial charge >= 0.3 is 244 Å². The summed E-state index contributed by atoms with van der Waals surface area (Å²) in [4.78, 5) is 0. The molecular weight excluding hydrogens is 600 g/mol. The molecule has 4 rings (SSSR count). The third kappa shape index (κ3) is 7.12. The first-order valence-electron chi connectivity index (χ1n) is 14.8. The van der Waals surface area contributed by atoms with Gasteiger partial charge in [0.1, 0.15) is 0 Å². The molecule has 0 aliphatic heterocycles. The summed E-state index contributed by atoms with van der Waals surface area (Å²) < 4.78 is 1.44. The summed E-state index contributed by atoms with van der Waals surface area (Å²) in [6, 6.07) is 18.9. The third-order valence-electron chi connectivity index (χ3n) is 9.00. The minimum atomic E-state index is -0.885. The average molecular weight is 648 g/mol. The molecule has 0 aromatic heterocycles. The van der Waals surface area contributed by atoms with Gasteiger partial charge in [0, 0.05) is 0 Å². The quantitative estimate of drug-likeness (QED) is 0.270. The van der Waals surface area contributed by atoms with Crippen LogP contribution in [0.3, 0.4) is 0 Å². The van der Waals surface area contributed by atoms with E-state index >= 15 is 0 Å². The van der Waals surface area contributed by atoms with Crippen molar-refractivity contribution in [3.8, 4) is 0 Å². The first-order chi connectivity index (χ1) is 17.9. The summed E-state index contributed by atoms with van der Waals surface area (Å²) in [7, 11) is -0.258. The van der Waals surface area contributed by atoms with Gasteiger partial charge in [-0.2, -0.15) is 0 Å². The largest absolute Gasteiger partial charge is 1.00 e. The molecule has 6 unspecified atom stereocenters. The maximum absolute atomic E-state index is 2.68. The molecule has 0 saturated heterocycles. The van der Waals surface area contributed by atoms with Crippen LogP contribution in [0.5, 0.6) is 0 Å². The molecule has 0 fully saturated rings. The SMILES string of the molecule is CCC(C)P(C1=Cc2ccccc2[CH]1[Zr+2][CH]1C(P(C(C)CC)C(C)CC)=Cc2ccccc21)C(C)CC.[F-].[F-]. The van der Waals surface area contributed by atoms with Gasteiger partial charge in [0.2, 0.25) is 0 Å². The predicted octanol–water partition coefficient (Wildman–Crippen LogP) is 5.43. The first-order valence-corrected chi connectivity index (χ1v) is 20.6. The van der Waals surface area contributed by atoms with Crippen molar-refractivity contribution in [3.63, 3.8) is 0 Å². The Kier molecular flexibility index (Phi) is 13.9. The Morgan fingerprint density at radius 1 is 0.564 bits per heavy atom. The fourth-order valence-corrected chi connectivity index (χ4v) is 20.4. The number of hydrogen-bond acceptors (Lipinski definition) is 0. The van der Waals surface area contributed by atoms with E-state index in [-0.39, 0.29) is 25.3 Å². The van der Waals surface area contributed by atoms with Crippen molar-refractivity contribution in [1.82, 2.24) is 0 Å². The smallest absolute Gasteiger partial charge is 1.00 e. The van der Waals surface area contributed by atoms with Crippen molar-refractivity contribution in [2.24, 2.45) is 0 Å². The minimum absolute atomic E-state index is 0. The molecule has 0 spiro atoms. The second-order valence-electron chi connectivity index (χ2n) is 11.3. The van der Waals surface area contributed by atoms with Crippen LogP contribution in [0.15, 0.2) is 59.2 Å². The molecule has 5 heteroatoms. The van der Waals surface area contributed by atoms with E-state index in [1.165, 1.54) is 36.8 Å². The normalized spacial score (nSPS) is 21.9. The molecule has 212 valence electrons. The van der Waals surface area contributed by atoms with Crippen molar-refractivity contribution < 1.29 is 32.6 Å². The summed E-state index contributed by atoms with van der Waals surface area (Å²) in [5, 5.41) is 3.73. The molecular formula is C34H48F2P2Zr. The van der Waals surface area contributed by atoms with Crippen LogP contribution in [0.4, 0.5) is 0 Å². The predicted molar refractivity (Wildman–Crippen MR) is 167 cm³/mol. The van der Waals surface area contributed by atoms with Crippen molar-refractivity contribution in [2.75, 3.05) is 0 Å². The number of benzene rings is 2. The Labute approximate surface area is 251 Å². The van der Waals surface area contributed by atoms with Gasteiger partial charge in [0.05, 0.1) is 0 Å². The Morgan fingerprint density at radius 2 is 0.872 bits per heavy atom. The standard InChI is InChI=1S/2C17H24P.2FH.Zr/c2*1-5-13(3)18(14(4)6-2)17-11-15-9-7-8-10-16(15)12-17;;;/h2*7-14H,5-6H2,1-4H3;2*1H;/q;;;;+2/p-2. The second-order valence-corrected chi connectivity index (χ2v) is 21.1. The molecule has 0 N–H and O–H groups in total. The van der Waals surface area contributed by atoms with Crippen LogP contribution in [-0.4, -0.2) is 22.6 Å². The second kappa shape index (κ2) is 15.7. The number of halogens is 2. The monoisotopic (exact) mass is 646 g/mol. The van der Waals surface area contributed by atoms with E-state index in [9.17, 15) is 0 Å². The summed E-state index contributed by atoms with van der Waals surface area (Å²) in [6.45, 7) is 19.9. The fraction of sp³-hybridized carbons (Fsp3) is 0.529. The number of rotatable bonds is 12. The van der Waals surface area contributed by atoms with Gasteiger partial charge < -0.3 is 9.41 Å². The van der Waals surface area contributed by atoms with Crippen molar-refractivity contribution in [2.45, 2.75) is 111 Å². The molecule has 0 bridgehead atoms. The van der Waals surface area contributed by atoms with E-state index < -0.39 is 23.2 Å². The molecule has 0 radical (unpaired) electrons. The van der Waals surface area contributed by atoms with Crippen molar-refractivity contribution in [3.05, 3.63) is 81.4 Å². The summed E-state index contributed by atoms with van der Waals surface area (Å²) in [6.07, 6.45) is 10.6. The number of hydrogen-bond donors (Lipinski definition) is 0. The Balaban J connectivity index is 0.00000267. The van der Waals surface area contributed by atoms with Crippen molar-refractivity contribution >= 4 is 28.0 Å². The van der Waals surface area contributed by atoms with Crippen molar-refractivity contribution in [1.29, 1.82) is 0 Å². The van der Waals surface area contributed by atoms with Crippen LogP contribution in [0.25, 0.3) is 12.2 Å². The van der Waals surface area contributed by atoms with Gasteiger partial charge in [-0.25, -0.2) is 0 Å². The Morgan fingerprint density at radius 3 is 1.18 bits per heavy atom. The van der Waals surface area contributed by atoms with Gasteiger partial charge in [-0.1, -0.05) is 0 Å². The zero-order valence-electron chi connectivity index (χ0n) is 25.2. The molecule has 39 heavy (non-hydrogen) atoms. The van der Waals surface area contributed by atoms with Crippen LogP contribution in [0.1, 0.15) is 111 Å². The Bertz CT molecular complexity index is 1020. The number of fused-ring (bicyclic) bond motifs is 2. The number of allylic oxidation sites excluding steroid dienone is 2. The van der Waals surface area contributed by atoms with Crippen LogP contribution in [-0.2, 0) is 23.2 Å².